The van der Waals surface area contributed by atoms with Gasteiger partial charge in [0.05, 0.1) is 11.6 Å². The van der Waals surface area contributed by atoms with Crippen LogP contribution in [-0.2, 0) is 19.3 Å². The molecule has 0 aliphatic heterocycles. The predicted octanol–water partition coefficient (Wildman–Crippen LogP) is 3.94. The molecule has 0 aromatic heterocycles. The van der Waals surface area contributed by atoms with Gasteiger partial charge in [0.2, 0.25) is 0 Å². The Morgan fingerprint density at radius 2 is 2.12 bits per heavy atom. The van der Waals surface area contributed by atoms with Crippen molar-refractivity contribution in [3.63, 3.8) is 0 Å². The molecule has 0 radical (unpaired) electrons. The van der Waals surface area contributed by atoms with Crippen LogP contribution in [0.4, 0.5) is 0 Å². The second kappa shape index (κ2) is 4.18. The van der Waals surface area contributed by atoms with Gasteiger partial charge in [0.1, 0.15) is 0 Å². The van der Waals surface area contributed by atoms with Crippen molar-refractivity contribution < 1.29 is 0 Å². The number of nitriles is 1. The average molecular weight is 227 g/mol. The lowest BCUT2D eigenvalue weighted by Crippen LogP contribution is -2.23. The number of hydrogen-bond donors (Lipinski definition) is 0. The van der Waals surface area contributed by atoms with E-state index in [9.17, 15) is 5.26 Å². The summed E-state index contributed by atoms with van der Waals surface area (Å²) < 4.78 is 0. The van der Waals surface area contributed by atoms with Gasteiger partial charge in [0.25, 0.3) is 0 Å². The molecule has 0 unspecified atom stereocenters. The highest BCUT2D eigenvalue weighted by Crippen LogP contribution is 2.37. The van der Waals surface area contributed by atoms with Gasteiger partial charge in [-0.3, -0.25) is 0 Å². The Balaban J connectivity index is 2.61. The zero-order chi connectivity index (χ0) is 12.6. The van der Waals surface area contributed by atoms with E-state index in [0.29, 0.717) is 5.41 Å². The van der Waals surface area contributed by atoms with Gasteiger partial charge >= 0.3 is 0 Å². The van der Waals surface area contributed by atoms with Crippen LogP contribution in [0.25, 0.3) is 0 Å². The smallest absolute Gasteiger partial charge is 0.0997 e. The first-order chi connectivity index (χ1) is 7.98. The third kappa shape index (κ3) is 2.09. The van der Waals surface area contributed by atoms with E-state index in [1.807, 2.05) is 0 Å². The molecule has 17 heavy (non-hydrogen) atoms. The van der Waals surface area contributed by atoms with Gasteiger partial charge in [-0.15, -0.1) is 0 Å². The first-order valence-electron chi connectivity index (χ1n) is 6.53. The highest BCUT2D eigenvalue weighted by atomic mass is 14.3. The van der Waals surface area contributed by atoms with Crippen LogP contribution in [0.5, 0.6) is 0 Å². The molecule has 0 saturated heterocycles. The standard InChI is InChI=1S/C16H21N/c1-5-13-11(2)8-12-9-16(3,4)7-6-14(12)15(13)10-17/h8H,5-7,9H2,1-4H3. The summed E-state index contributed by atoms with van der Waals surface area (Å²) in [6.07, 6.45) is 4.34. The van der Waals surface area contributed by atoms with Gasteiger partial charge < -0.3 is 0 Å². The summed E-state index contributed by atoms with van der Waals surface area (Å²) in [5.74, 6) is 0. The topological polar surface area (TPSA) is 23.8 Å². The average Bonchev–Trinajstić information content (AvgIpc) is 2.25. The van der Waals surface area contributed by atoms with Gasteiger partial charge in [-0.2, -0.15) is 5.26 Å². The number of fused-ring (bicyclic) bond motifs is 1. The lowest BCUT2D eigenvalue weighted by molar-refractivity contribution is 0.315. The largest absolute Gasteiger partial charge is 0.192 e. The number of benzene rings is 1. The van der Waals surface area contributed by atoms with E-state index in [4.69, 9.17) is 0 Å². The zero-order valence-corrected chi connectivity index (χ0v) is 11.4. The SMILES string of the molecule is CCc1c(C)cc2c(c1C#N)CCC(C)(C)C2. The molecule has 0 amide bonds. The summed E-state index contributed by atoms with van der Waals surface area (Å²) in [7, 11) is 0. The van der Waals surface area contributed by atoms with E-state index in [1.165, 1.54) is 28.7 Å². The van der Waals surface area contributed by atoms with Crippen LogP contribution >= 0.6 is 0 Å². The molecule has 2 rings (SSSR count). The van der Waals surface area contributed by atoms with Gasteiger partial charge in [-0.05, 0) is 60.3 Å². The summed E-state index contributed by atoms with van der Waals surface area (Å²) in [6.45, 7) is 8.93. The number of rotatable bonds is 1. The molecule has 0 bridgehead atoms. The molecule has 0 heterocycles. The van der Waals surface area contributed by atoms with E-state index >= 15 is 0 Å². The second-order valence-corrected chi connectivity index (χ2v) is 5.99. The fourth-order valence-electron chi connectivity index (χ4n) is 3.08. The fourth-order valence-corrected chi connectivity index (χ4v) is 3.08. The number of nitrogens with zero attached hydrogens (tertiary/aromatic N) is 1. The Morgan fingerprint density at radius 1 is 1.41 bits per heavy atom. The van der Waals surface area contributed by atoms with Crippen LogP contribution in [0.15, 0.2) is 6.07 Å². The lowest BCUT2D eigenvalue weighted by atomic mass is 9.72. The molecule has 0 spiro atoms. The monoisotopic (exact) mass is 227 g/mol. The van der Waals surface area contributed by atoms with Crippen molar-refractivity contribution in [1.29, 1.82) is 5.26 Å². The fraction of sp³-hybridized carbons (Fsp3) is 0.562. The van der Waals surface area contributed by atoms with Gasteiger partial charge in [-0.1, -0.05) is 26.8 Å². The minimum absolute atomic E-state index is 0.389. The van der Waals surface area contributed by atoms with Crippen LogP contribution in [0.2, 0.25) is 0 Å². The number of hydrogen-bond acceptors (Lipinski definition) is 1. The second-order valence-electron chi connectivity index (χ2n) is 5.99. The molecule has 0 fully saturated rings. The molecular formula is C16H21N. The Morgan fingerprint density at radius 3 is 2.71 bits per heavy atom. The lowest BCUT2D eigenvalue weighted by Gasteiger charge is -2.32. The summed E-state index contributed by atoms with van der Waals surface area (Å²) in [5, 5.41) is 9.41. The van der Waals surface area contributed by atoms with Crippen molar-refractivity contribution in [2.75, 3.05) is 0 Å². The zero-order valence-electron chi connectivity index (χ0n) is 11.4. The third-order valence-corrected chi connectivity index (χ3v) is 4.04. The van der Waals surface area contributed by atoms with Crippen LogP contribution in [-0.4, -0.2) is 0 Å². The Kier molecular flexibility index (Phi) is 3.00. The van der Waals surface area contributed by atoms with E-state index in [1.54, 1.807) is 0 Å². The maximum absolute atomic E-state index is 9.41. The van der Waals surface area contributed by atoms with Gasteiger partial charge in [0, 0.05) is 0 Å². The van der Waals surface area contributed by atoms with Crippen molar-refractivity contribution in [3.05, 3.63) is 33.9 Å². The Hall–Kier alpha value is -1.29. The molecule has 90 valence electrons. The molecule has 1 aromatic rings. The third-order valence-electron chi connectivity index (χ3n) is 4.04. The summed E-state index contributed by atoms with van der Waals surface area (Å²) >= 11 is 0. The molecule has 1 heteroatoms. The minimum atomic E-state index is 0.389. The van der Waals surface area contributed by atoms with Gasteiger partial charge in [0.15, 0.2) is 0 Å². The van der Waals surface area contributed by atoms with Crippen LogP contribution < -0.4 is 0 Å². The van der Waals surface area contributed by atoms with E-state index < -0.39 is 0 Å². The molecule has 0 atom stereocenters. The maximum Gasteiger partial charge on any atom is 0.0997 e. The molecule has 1 aliphatic rings. The first-order valence-corrected chi connectivity index (χ1v) is 6.53. The van der Waals surface area contributed by atoms with Crippen molar-refractivity contribution in [2.24, 2.45) is 5.41 Å². The van der Waals surface area contributed by atoms with Gasteiger partial charge in [-0.25, -0.2) is 0 Å². The highest BCUT2D eigenvalue weighted by molar-refractivity contribution is 5.53. The first kappa shape index (κ1) is 12.2. The van der Waals surface area contributed by atoms with Crippen LogP contribution in [0.3, 0.4) is 0 Å². The molecule has 0 N–H and O–H groups in total. The Bertz CT molecular complexity index is 489. The quantitative estimate of drug-likeness (QED) is 0.712. The Labute approximate surface area is 104 Å². The van der Waals surface area contributed by atoms with Crippen molar-refractivity contribution >= 4 is 0 Å². The summed E-state index contributed by atoms with van der Waals surface area (Å²) in [5.41, 5.74) is 6.64. The molecule has 1 nitrogen and oxygen atoms in total. The van der Waals surface area contributed by atoms with E-state index in [-0.39, 0.29) is 0 Å². The van der Waals surface area contributed by atoms with Crippen LogP contribution in [0.1, 0.15) is 55.0 Å². The summed E-state index contributed by atoms with van der Waals surface area (Å²) in [6, 6.07) is 4.76. The minimum Gasteiger partial charge on any atom is -0.192 e. The molecular weight excluding hydrogens is 206 g/mol. The number of aryl methyl sites for hydroxylation is 1. The van der Waals surface area contributed by atoms with Crippen LogP contribution in [0, 0.1) is 23.7 Å². The molecule has 0 saturated carbocycles. The maximum atomic E-state index is 9.41. The van der Waals surface area contributed by atoms with E-state index in [0.717, 1.165) is 24.8 Å². The molecule has 1 aliphatic carbocycles. The van der Waals surface area contributed by atoms with Crippen molar-refractivity contribution in [1.82, 2.24) is 0 Å². The summed E-state index contributed by atoms with van der Waals surface area (Å²) in [4.78, 5) is 0. The molecule has 1 aromatic carbocycles. The highest BCUT2D eigenvalue weighted by Gasteiger charge is 2.28. The van der Waals surface area contributed by atoms with Crippen molar-refractivity contribution in [3.8, 4) is 6.07 Å². The van der Waals surface area contributed by atoms with Crippen molar-refractivity contribution in [2.45, 2.75) is 53.4 Å². The predicted molar refractivity (Wildman–Crippen MR) is 71.1 cm³/mol. The normalized spacial score (nSPS) is 17.4. The van der Waals surface area contributed by atoms with E-state index in [2.05, 4.69) is 39.8 Å².